The van der Waals surface area contributed by atoms with Crippen molar-refractivity contribution in [1.82, 2.24) is 0 Å². The van der Waals surface area contributed by atoms with Crippen molar-refractivity contribution in [2.45, 2.75) is 32.6 Å². The number of unbranched alkanes of at least 4 members (excludes halogenated alkanes) is 1. The van der Waals surface area contributed by atoms with Crippen molar-refractivity contribution in [3.8, 4) is 0 Å². The Morgan fingerprint density at radius 1 is 1.10 bits per heavy atom. The van der Waals surface area contributed by atoms with Gasteiger partial charge < -0.3 is 15.5 Å². The smallest absolute Gasteiger partial charge is 0.335 e. The topological polar surface area (TPSA) is 104 Å². The Kier molecular flexibility index (Phi) is 5.71. The summed E-state index contributed by atoms with van der Waals surface area (Å²) in [5.41, 5.74) is 1.41. The van der Waals surface area contributed by atoms with Crippen LogP contribution in [0, 0.1) is 6.92 Å². The number of nitrogens with one attached hydrogen (secondary N) is 1. The van der Waals surface area contributed by atoms with Gasteiger partial charge in [0.15, 0.2) is 0 Å². The number of rotatable bonds is 7. The zero-order chi connectivity index (χ0) is 15.1. The maximum Gasteiger partial charge on any atom is 0.335 e. The van der Waals surface area contributed by atoms with Gasteiger partial charge in [-0.3, -0.25) is 9.59 Å². The maximum absolute atomic E-state index is 11.7. The van der Waals surface area contributed by atoms with E-state index in [-0.39, 0.29) is 24.3 Å². The fourth-order valence-electron chi connectivity index (χ4n) is 1.71. The Morgan fingerprint density at radius 3 is 2.30 bits per heavy atom. The van der Waals surface area contributed by atoms with Gasteiger partial charge in [-0.15, -0.1) is 0 Å². The minimum Gasteiger partial charge on any atom is -0.481 e. The molecule has 6 heteroatoms. The largest absolute Gasteiger partial charge is 0.481 e. The van der Waals surface area contributed by atoms with Crippen molar-refractivity contribution in [3.63, 3.8) is 0 Å². The highest BCUT2D eigenvalue weighted by Crippen LogP contribution is 2.17. The molecule has 0 heterocycles. The van der Waals surface area contributed by atoms with Crippen molar-refractivity contribution >= 4 is 23.5 Å². The average Bonchev–Trinajstić information content (AvgIpc) is 2.36. The van der Waals surface area contributed by atoms with Crippen molar-refractivity contribution < 1.29 is 24.6 Å². The molecule has 0 saturated heterocycles. The van der Waals surface area contributed by atoms with Crippen LogP contribution in [0.4, 0.5) is 5.69 Å². The summed E-state index contributed by atoms with van der Waals surface area (Å²) < 4.78 is 0. The minimum atomic E-state index is -1.01. The van der Waals surface area contributed by atoms with Gasteiger partial charge in [-0.05, 0) is 43.5 Å². The Balaban J connectivity index is 2.50. The monoisotopic (exact) mass is 279 g/mol. The highest BCUT2D eigenvalue weighted by Gasteiger charge is 2.08. The molecule has 0 unspecified atom stereocenters. The number of hydrogen-bond donors (Lipinski definition) is 3. The SMILES string of the molecule is Cc1cc(C(=O)O)ccc1NC(=O)CCCCC(=O)O. The van der Waals surface area contributed by atoms with Gasteiger partial charge in [0, 0.05) is 18.5 Å². The van der Waals surface area contributed by atoms with Crippen LogP contribution in [0.5, 0.6) is 0 Å². The lowest BCUT2D eigenvalue weighted by molar-refractivity contribution is -0.137. The molecular formula is C14H17NO5. The van der Waals surface area contributed by atoms with Crippen LogP contribution in [0.25, 0.3) is 0 Å². The van der Waals surface area contributed by atoms with Gasteiger partial charge in [-0.2, -0.15) is 0 Å². The molecule has 0 spiro atoms. The number of hydrogen-bond acceptors (Lipinski definition) is 3. The van der Waals surface area contributed by atoms with E-state index in [0.717, 1.165) is 0 Å². The third-order valence-corrected chi connectivity index (χ3v) is 2.79. The third-order valence-electron chi connectivity index (χ3n) is 2.79. The van der Waals surface area contributed by atoms with Crippen LogP contribution in [0.1, 0.15) is 41.6 Å². The highest BCUT2D eigenvalue weighted by molar-refractivity contribution is 5.93. The lowest BCUT2D eigenvalue weighted by Crippen LogP contribution is -2.12. The Morgan fingerprint density at radius 2 is 1.75 bits per heavy atom. The molecule has 1 aromatic carbocycles. The number of aliphatic carboxylic acids is 1. The van der Waals surface area contributed by atoms with Crippen LogP contribution >= 0.6 is 0 Å². The van der Waals surface area contributed by atoms with Gasteiger partial charge in [-0.1, -0.05) is 0 Å². The molecule has 0 radical (unpaired) electrons. The molecule has 6 nitrogen and oxygen atoms in total. The zero-order valence-corrected chi connectivity index (χ0v) is 11.2. The first kappa shape index (κ1) is 15.7. The molecule has 0 fully saturated rings. The molecule has 0 aliphatic carbocycles. The molecule has 3 N–H and O–H groups in total. The maximum atomic E-state index is 11.7. The van der Waals surface area contributed by atoms with Crippen LogP contribution in [-0.4, -0.2) is 28.1 Å². The summed E-state index contributed by atoms with van der Waals surface area (Å²) in [5, 5.41) is 20.0. The molecule has 1 rings (SSSR count). The van der Waals surface area contributed by atoms with E-state index in [0.29, 0.717) is 24.1 Å². The number of benzene rings is 1. The number of carbonyl (C=O) groups excluding carboxylic acids is 1. The van der Waals surface area contributed by atoms with E-state index in [1.54, 1.807) is 13.0 Å². The lowest BCUT2D eigenvalue weighted by atomic mass is 10.1. The van der Waals surface area contributed by atoms with Gasteiger partial charge in [0.05, 0.1) is 5.56 Å². The predicted molar refractivity (Wildman–Crippen MR) is 72.9 cm³/mol. The molecule has 0 atom stereocenters. The Hall–Kier alpha value is -2.37. The molecule has 108 valence electrons. The number of carboxylic acid groups (broad SMARTS) is 2. The van der Waals surface area contributed by atoms with Crippen LogP contribution in [0.15, 0.2) is 18.2 Å². The second-order valence-corrected chi connectivity index (χ2v) is 4.48. The fraction of sp³-hybridized carbons (Fsp3) is 0.357. The van der Waals surface area contributed by atoms with Gasteiger partial charge >= 0.3 is 11.9 Å². The number of aromatic carboxylic acids is 1. The van der Waals surface area contributed by atoms with E-state index in [4.69, 9.17) is 10.2 Å². The van der Waals surface area contributed by atoms with Gasteiger partial charge in [0.1, 0.15) is 0 Å². The Labute approximate surface area is 116 Å². The van der Waals surface area contributed by atoms with E-state index in [2.05, 4.69) is 5.32 Å². The van der Waals surface area contributed by atoms with Crippen LogP contribution in [0.2, 0.25) is 0 Å². The number of carboxylic acids is 2. The first-order chi connectivity index (χ1) is 9.40. The minimum absolute atomic E-state index is 0.0552. The van der Waals surface area contributed by atoms with E-state index >= 15 is 0 Å². The van der Waals surface area contributed by atoms with Crippen molar-refractivity contribution in [2.24, 2.45) is 0 Å². The van der Waals surface area contributed by atoms with Gasteiger partial charge in [-0.25, -0.2) is 4.79 Å². The summed E-state index contributed by atoms with van der Waals surface area (Å²) in [6.45, 7) is 1.71. The first-order valence-corrected chi connectivity index (χ1v) is 6.25. The number of carbonyl (C=O) groups is 3. The molecule has 0 bridgehead atoms. The number of aryl methyl sites for hydroxylation is 1. The lowest BCUT2D eigenvalue weighted by Gasteiger charge is -2.09. The van der Waals surface area contributed by atoms with E-state index in [9.17, 15) is 14.4 Å². The second kappa shape index (κ2) is 7.28. The van der Waals surface area contributed by atoms with Crippen molar-refractivity contribution in [3.05, 3.63) is 29.3 Å². The van der Waals surface area contributed by atoms with Crippen molar-refractivity contribution in [1.29, 1.82) is 0 Å². The van der Waals surface area contributed by atoms with E-state index < -0.39 is 11.9 Å². The Bertz CT molecular complexity index is 524. The van der Waals surface area contributed by atoms with Crippen molar-refractivity contribution in [2.75, 3.05) is 5.32 Å². The molecule has 0 aliphatic rings. The highest BCUT2D eigenvalue weighted by atomic mass is 16.4. The van der Waals surface area contributed by atoms with Crippen LogP contribution in [-0.2, 0) is 9.59 Å². The zero-order valence-electron chi connectivity index (χ0n) is 11.2. The van der Waals surface area contributed by atoms with Crippen LogP contribution < -0.4 is 5.32 Å². The quantitative estimate of drug-likeness (QED) is 0.664. The van der Waals surface area contributed by atoms with Gasteiger partial charge in [0.2, 0.25) is 5.91 Å². The molecule has 0 saturated carbocycles. The normalized spacial score (nSPS) is 10.1. The number of amides is 1. The summed E-state index contributed by atoms with van der Waals surface area (Å²) in [6.07, 6.45) is 1.26. The molecule has 0 aliphatic heterocycles. The summed E-state index contributed by atoms with van der Waals surface area (Å²) in [6, 6.07) is 4.46. The average molecular weight is 279 g/mol. The first-order valence-electron chi connectivity index (χ1n) is 6.25. The summed E-state index contributed by atoms with van der Waals surface area (Å²) >= 11 is 0. The van der Waals surface area contributed by atoms with Gasteiger partial charge in [0.25, 0.3) is 0 Å². The second-order valence-electron chi connectivity index (χ2n) is 4.48. The number of anilines is 1. The molecule has 1 aromatic rings. The molecular weight excluding hydrogens is 262 g/mol. The summed E-state index contributed by atoms with van der Waals surface area (Å²) in [4.78, 5) is 32.8. The fourth-order valence-corrected chi connectivity index (χ4v) is 1.71. The van der Waals surface area contributed by atoms with Crippen LogP contribution in [0.3, 0.4) is 0 Å². The standard InChI is InChI=1S/C14H17NO5/c1-9-8-10(14(19)20)6-7-11(9)15-12(16)4-2-3-5-13(17)18/h6-8H,2-5H2,1H3,(H,15,16)(H,17,18)(H,19,20). The van der Waals surface area contributed by atoms with E-state index in [1.165, 1.54) is 12.1 Å². The molecule has 20 heavy (non-hydrogen) atoms. The molecule has 1 amide bonds. The third kappa shape index (κ3) is 5.09. The predicted octanol–water partition coefficient (Wildman–Crippen LogP) is 2.28. The summed E-state index contributed by atoms with van der Waals surface area (Å²) in [7, 11) is 0. The van der Waals surface area contributed by atoms with E-state index in [1.807, 2.05) is 0 Å². The summed E-state index contributed by atoms with van der Waals surface area (Å²) in [5.74, 6) is -2.09. The molecule has 0 aromatic heterocycles.